The zero-order valence-electron chi connectivity index (χ0n) is 7.65. The van der Waals surface area contributed by atoms with Crippen LogP contribution in [-0.2, 0) is 0 Å². The Labute approximate surface area is 97.6 Å². The number of hydrogen-bond acceptors (Lipinski definition) is 4. The van der Waals surface area contributed by atoms with Crippen molar-refractivity contribution in [3.05, 3.63) is 27.2 Å². The number of hydrogen-bond donors (Lipinski definition) is 1. The van der Waals surface area contributed by atoms with E-state index in [1.807, 2.05) is 11.4 Å². The predicted molar refractivity (Wildman–Crippen MR) is 59.2 cm³/mol. The van der Waals surface area contributed by atoms with Gasteiger partial charge in [-0.2, -0.15) is 0 Å². The minimum atomic E-state index is -1.02. The number of halogens is 1. The Morgan fingerprint density at radius 1 is 1.67 bits per heavy atom. The fourth-order valence-corrected chi connectivity index (χ4v) is 2.79. The van der Waals surface area contributed by atoms with Crippen LogP contribution in [0.4, 0.5) is 0 Å². The van der Waals surface area contributed by atoms with E-state index in [1.165, 1.54) is 11.3 Å². The van der Waals surface area contributed by atoms with Crippen LogP contribution in [0.2, 0.25) is 0 Å². The number of rotatable bonds is 2. The molecule has 0 aliphatic heterocycles. The number of aromatic nitrogens is 1. The van der Waals surface area contributed by atoms with Gasteiger partial charge in [-0.3, -0.25) is 0 Å². The molecule has 0 aromatic carbocycles. The third-order valence-electron chi connectivity index (χ3n) is 1.91. The van der Waals surface area contributed by atoms with Crippen molar-refractivity contribution in [3.8, 4) is 10.6 Å². The minimum absolute atomic E-state index is 0.123. The lowest BCUT2D eigenvalue weighted by molar-refractivity contribution is 0.0696. The lowest BCUT2D eigenvalue weighted by atomic mass is 10.2. The van der Waals surface area contributed by atoms with Gasteiger partial charge in [0.15, 0.2) is 0 Å². The molecule has 6 heteroatoms. The van der Waals surface area contributed by atoms with Crippen LogP contribution >= 0.6 is 27.3 Å². The third kappa shape index (κ3) is 1.70. The van der Waals surface area contributed by atoms with Gasteiger partial charge in [0, 0.05) is 4.47 Å². The van der Waals surface area contributed by atoms with Gasteiger partial charge in [-0.1, -0.05) is 5.16 Å². The molecule has 15 heavy (non-hydrogen) atoms. The second kappa shape index (κ2) is 3.79. The van der Waals surface area contributed by atoms with E-state index in [0.29, 0.717) is 11.5 Å². The average Bonchev–Trinajstić information content (AvgIpc) is 2.71. The molecule has 4 nitrogen and oxygen atoms in total. The van der Waals surface area contributed by atoms with Crippen LogP contribution in [0.5, 0.6) is 0 Å². The molecule has 0 unspecified atom stereocenters. The van der Waals surface area contributed by atoms with Gasteiger partial charge in [0.05, 0.1) is 4.88 Å². The molecule has 1 N–H and O–H groups in total. The molecule has 0 aliphatic carbocycles. The van der Waals surface area contributed by atoms with Crippen molar-refractivity contribution < 1.29 is 14.4 Å². The maximum atomic E-state index is 11.0. The summed E-state index contributed by atoms with van der Waals surface area (Å²) in [5, 5.41) is 14.6. The molecule has 2 rings (SSSR count). The number of nitrogens with zero attached hydrogens (tertiary/aromatic N) is 1. The Morgan fingerprint density at radius 3 is 2.93 bits per heavy atom. The van der Waals surface area contributed by atoms with Crippen molar-refractivity contribution in [2.24, 2.45) is 0 Å². The lowest BCUT2D eigenvalue weighted by Crippen LogP contribution is -1.98. The van der Waals surface area contributed by atoms with Crippen molar-refractivity contribution in [2.75, 3.05) is 0 Å². The number of carbonyl (C=O) groups is 1. The van der Waals surface area contributed by atoms with Crippen molar-refractivity contribution in [1.82, 2.24) is 5.16 Å². The highest BCUT2D eigenvalue weighted by Crippen LogP contribution is 2.35. The number of carboxylic acids is 1. The van der Waals surface area contributed by atoms with Crippen LogP contribution in [0.3, 0.4) is 0 Å². The third-order valence-corrected chi connectivity index (χ3v) is 3.75. The molecular weight excluding hydrogens is 282 g/mol. The van der Waals surface area contributed by atoms with Gasteiger partial charge in [-0.25, -0.2) is 4.79 Å². The van der Waals surface area contributed by atoms with Crippen molar-refractivity contribution in [1.29, 1.82) is 0 Å². The molecule has 0 amide bonds. The first-order valence-electron chi connectivity index (χ1n) is 4.04. The molecule has 2 heterocycles. The van der Waals surface area contributed by atoms with Crippen molar-refractivity contribution in [3.63, 3.8) is 0 Å². The van der Waals surface area contributed by atoms with Gasteiger partial charge in [-0.15, -0.1) is 11.3 Å². The summed E-state index contributed by atoms with van der Waals surface area (Å²) >= 11 is 4.75. The summed E-state index contributed by atoms with van der Waals surface area (Å²) in [6, 6.07) is 1.84. The first kappa shape index (κ1) is 10.4. The first-order chi connectivity index (χ1) is 7.11. The van der Waals surface area contributed by atoms with Gasteiger partial charge >= 0.3 is 5.97 Å². The Kier molecular flexibility index (Phi) is 2.62. The van der Waals surface area contributed by atoms with Crippen molar-refractivity contribution >= 4 is 33.2 Å². The summed E-state index contributed by atoms with van der Waals surface area (Å²) in [4.78, 5) is 11.8. The molecule has 0 atom stereocenters. The quantitative estimate of drug-likeness (QED) is 0.921. The lowest BCUT2D eigenvalue weighted by Gasteiger charge is -1.94. The van der Waals surface area contributed by atoms with E-state index < -0.39 is 5.97 Å². The van der Waals surface area contributed by atoms with E-state index in [9.17, 15) is 4.79 Å². The molecular formula is C9H6BrNO3S. The second-order valence-corrected chi connectivity index (χ2v) is 4.64. The average molecular weight is 288 g/mol. The molecule has 0 fully saturated rings. The SMILES string of the molecule is Cc1onc(-c2sccc2Br)c1C(=O)O. The summed E-state index contributed by atoms with van der Waals surface area (Å²) in [5.41, 5.74) is 0.500. The molecule has 0 spiro atoms. The Morgan fingerprint density at radius 2 is 2.40 bits per heavy atom. The standard InChI is InChI=1S/C9H6BrNO3S/c1-4-6(9(12)13)7(11-14-4)8-5(10)2-3-15-8/h2-3H,1H3,(H,12,13). The summed E-state index contributed by atoms with van der Waals surface area (Å²) < 4.78 is 5.71. The van der Waals surface area contributed by atoms with Crippen LogP contribution < -0.4 is 0 Å². The van der Waals surface area contributed by atoms with E-state index in [4.69, 9.17) is 9.63 Å². The fourth-order valence-electron chi connectivity index (χ4n) is 1.24. The number of aromatic carboxylic acids is 1. The number of aryl methyl sites for hydroxylation is 1. The highest BCUT2D eigenvalue weighted by atomic mass is 79.9. The zero-order valence-corrected chi connectivity index (χ0v) is 10.1. The monoisotopic (exact) mass is 287 g/mol. The molecule has 78 valence electrons. The highest BCUT2D eigenvalue weighted by molar-refractivity contribution is 9.10. The molecule has 0 bridgehead atoms. The number of thiophene rings is 1. The number of carboxylic acid groups (broad SMARTS) is 1. The summed E-state index contributed by atoms with van der Waals surface area (Å²) in [6.45, 7) is 1.58. The summed E-state index contributed by atoms with van der Waals surface area (Å²) in [6.07, 6.45) is 0. The Balaban J connectivity index is 2.64. The fraction of sp³-hybridized carbons (Fsp3) is 0.111. The maximum absolute atomic E-state index is 11.0. The van der Waals surface area contributed by atoms with E-state index in [1.54, 1.807) is 6.92 Å². The van der Waals surface area contributed by atoms with Crippen LogP contribution in [0.1, 0.15) is 16.1 Å². The minimum Gasteiger partial charge on any atom is -0.477 e. The van der Waals surface area contributed by atoms with Crippen LogP contribution in [0.15, 0.2) is 20.4 Å². The second-order valence-electron chi connectivity index (χ2n) is 2.87. The normalized spacial score (nSPS) is 10.5. The molecule has 2 aromatic heterocycles. The van der Waals surface area contributed by atoms with Crippen LogP contribution in [0, 0.1) is 6.92 Å². The van der Waals surface area contributed by atoms with Gasteiger partial charge in [0.2, 0.25) is 0 Å². The molecule has 0 saturated heterocycles. The van der Waals surface area contributed by atoms with Gasteiger partial charge in [0.25, 0.3) is 0 Å². The highest BCUT2D eigenvalue weighted by Gasteiger charge is 2.22. The van der Waals surface area contributed by atoms with Gasteiger partial charge in [-0.05, 0) is 34.3 Å². The van der Waals surface area contributed by atoms with Gasteiger partial charge < -0.3 is 9.63 Å². The summed E-state index contributed by atoms with van der Waals surface area (Å²) in [7, 11) is 0. The zero-order chi connectivity index (χ0) is 11.0. The first-order valence-corrected chi connectivity index (χ1v) is 5.71. The van der Waals surface area contributed by atoms with E-state index in [-0.39, 0.29) is 5.56 Å². The topological polar surface area (TPSA) is 63.3 Å². The van der Waals surface area contributed by atoms with Crippen LogP contribution in [-0.4, -0.2) is 16.2 Å². The smallest absolute Gasteiger partial charge is 0.341 e. The van der Waals surface area contributed by atoms with E-state index in [2.05, 4.69) is 21.1 Å². The molecule has 0 saturated carbocycles. The molecule has 0 radical (unpaired) electrons. The summed E-state index contributed by atoms with van der Waals surface area (Å²) in [5.74, 6) is -0.707. The van der Waals surface area contributed by atoms with E-state index in [0.717, 1.165) is 9.35 Å². The largest absolute Gasteiger partial charge is 0.477 e. The van der Waals surface area contributed by atoms with Crippen LogP contribution in [0.25, 0.3) is 10.6 Å². The Hall–Kier alpha value is -1.14. The van der Waals surface area contributed by atoms with Gasteiger partial charge in [0.1, 0.15) is 17.0 Å². The molecule has 2 aromatic rings. The maximum Gasteiger partial charge on any atom is 0.341 e. The van der Waals surface area contributed by atoms with E-state index >= 15 is 0 Å². The molecule has 0 aliphatic rings. The predicted octanol–water partition coefficient (Wildman–Crippen LogP) is 3.17. The Bertz CT molecular complexity index is 517. The van der Waals surface area contributed by atoms with Crippen molar-refractivity contribution in [2.45, 2.75) is 6.92 Å².